The van der Waals surface area contributed by atoms with Crippen molar-refractivity contribution in [3.63, 3.8) is 0 Å². The van der Waals surface area contributed by atoms with Gasteiger partial charge in [-0.1, -0.05) is 80.9 Å². The largest absolute Gasteiger partial charge is 0.492 e. The van der Waals surface area contributed by atoms with Gasteiger partial charge < -0.3 is 36.9 Å². The van der Waals surface area contributed by atoms with E-state index in [1.807, 2.05) is 12.1 Å². The molecule has 0 radical (unpaired) electrons. The molecule has 6 rings (SSSR count). The number of ether oxygens (including phenoxy) is 2. The molecule has 2 amide bonds. The maximum Gasteiger partial charge on any atom is 0.414 e. The number of nitrogens with zero attached hydrogens (tertiary/aromatic N) is 2. The molecule has 2 heterocycles. The van der Waals surface area contributed by atoms with E-state index in [9.17, 15) is 32.3 Å². The molecule has 0 saturated carbocycles. The number of aliphatic imine (C=N–C) groups is 1. The van der Waals surface area contributed by atoms with E-state index in [2.05, 4.69) is 41.5 Å². The summed E-state index contributed by atoms with van der Waals surface area (Å²) in [6.07, 6.45) is -0.812. The highest BCUT2D eigenvalue weighted by molar-refractivity contribution is 6.01. The molecule has 362 valence electrons. The first-order valence-electron chi connectivity index (χ1n) is 23.4. The summed E-state index contributed by atoms with van der Waals surface area (Å²) < 4.78 is 53.8. The van der Waals surface area contributed by atoms with E-state index in [4.69, 9.17) is 26.7 Å². The van der Waals surface area contributed by atoms with Crippen molar-refractivity contribution in [2.45, 2.75) is 89.9 Å². The maximum atomic E-state index is 14.9. The van der Waals surface area contributed by atoms with Gasteiger partial charge in [-0.15, -0.1) is 0 Å². The number of hydrogen-bond donors (Lipinski definition) is 4. The molecule has 0 spiro atoms. The minimum Gasteiger partial charge on any atom is -0.492 e. The van der Waals surface area contributed by atoms with Crippen LogP contribution in [0, 0.1) is 11.8 Å². The number of unbranched alkanes of at least 4 members (excludes halogenated alkanes) is 1. The van der Waals surface area contributed by atoms with E-state index >= 15 is 0 Å². The van der Waals surface area contributed by atoms with E-state index in [1.54, 1.807) is 55.5 Å². The predicted octanol–water partition coefficient (Wildman–Crippen LogP) is 8.09. The molecule has 0 aromatic heterocycles. The Morgan fingerprint density at radius 1 is 0.838 bits per heavy atom. The van der Waals surface area contributed by atoms with Gasteiger partial charge in [-0.3, -0.25) is 24.2 Å². The van der Waals surface area contributed by atoms with Gasteiger partial charge in [0.05, 0.1) is 11.6 Å². The number of Topliss-reactive ketones (excluding diaryl/α,β-unsaturated/α-hetero) is 2. The van der Waals surface area contributed by atoms with E-state index in [-0.39, 0.29) is 70.0 Å². The van der Waals surface area contributed by atoms with Gasteiger partial charge in [0.2, 0.25) is 11.8 Å². The molecule has 4 atom stereocenters. The Bertz CT molecular complexity index is 2470. The summed E-state index contributed by atoms with van der Waals surface area (Å²) in [5.74, 6) is -2.80. The fourth-order valence-electron chi connectivity index (χ4n) is 8.73. The number of allylic oxidation sites excluding steroid dienone is 1. The second-order valence-electron chi connectivity index (χ2n) is 17.6. The lowest BCUT2D eigenvalue weighted by molar-refractivity contribution is -0.142. The Labute approximate surface area is 396 Å². The predicted molar refractivity (Wildman–Crippen MR) is 258 cm³/mol. The molecule has 0 saturated heterocycles. The van der Waals surface area contributed by atoms with Gasteiger partial charge in [0.1, 0.15) is 30.8 Å². The Balaban J connectivity index is 1.36. The van der Waals surface area contributed by atoms with Crippen LogP contribution in [0.3, 0.4) is 0 Å². The highest BCUT2D eigenvalue weighted by atomic mass is 19.4. The van der Waals surface area contributed by atoms with Gasteiger partial charge in [-0.25, -0.2) is 0 Å². The zero-order valence-electron chi connectivity index (χ0n) is 39.1. The van der Waals surface area contributed by atoms with Crippen molar-refractivity contribution < 1.29 is 41.8 Å². The third-order valence-electron chi connectivity index (χ3n) is 12.5. The standard InChI is InChI=1S/C53H63F3N6O6/c1-4-5-7-34-9-12-36(13-10-34)37-14-16-38(17-15-37)46(63)30-40(8-6-21-57)52(66)62(3)50-39-18-20-49(68-25-23-59)43(29-39)42-27-35(11-19-48(42)67-24-22-58)28-45(61-51(65)33(2)26-47(50)64)44-31-41(32-60-44)53(54,55)56/h9-20,27,29,32-33,40,45,50H,4-8,21-26,28,30-31,57-59H2,1-3H3,(H,61,65)/t33-,40-,45+,50+/m1/s1. The van der Waals surface area contributed by atoms with Crippen LogP contribution in [0.1, 0.15) is 91.9 Å². The van der Waals surface area contributed by atoms with Gasteiger partial charge in [0, 0.05) is 79.8 Å². The molecule has 68 heavy (non-hydrogen) atoms. The average Bonchev–Trinajstić information content (AvgIpc) is 3.85. The lowest BCUT2D eigenvalue weighted by Gasteiger charge is -2.32. The molecular formula is C53H63F3N6O6. The summed E-state index contributed by atoms with van der Waals surface area (Å²) in [7, 11) is 1.51. The van der Waals surface area contributed by atoms with Crippen molar-refractivity contribution in [2.75, 3.05) is 39.9 Å². The topological polar surface area (TPSA) is 192 Å². The SMILES string of the molecule is CCCCc1ccc(-c2ccc(C(=O)C[C@@H](CCCN)C(=O)N(C)[C@@H]3C(=O)C[C@@H](C)C(=O)N[C@H](C4=NC=C(C(F)(F)F)C4)Cc4ccc(OCCN)c(c4)-c4cc3ccc4OCCN)cc2)cc1. The number of fused-ring (bicyclic) bond motifs is 5. The van der Waals surface area contributed by atoms with Crippen molar-refractivity contribution in [3.8, 4) is 33.8 Å². The minimum atomic E-state index is -4.61. The molecule has 0 unspecified atom stereocenters. The third-order valence-corrected chi connectivity index (χ3v) is 12.5. The Morgan fingerprint density at radius 3 is 2.07 bits per heavy atom. The quantitative estimate of drug-likeness (QED) is 0.0673. The number of nitrogens with two attached hydrogens (primary N) is 3. The smallest absolute Gasteiger partial charge is 0.414 e. The van der Waals surface area contributed by atoms with Crippen LogP contribution in [0.15, 0.2) is 102 Å². The van der Waals surface area contributed by atoms with Crippen molar-refractivity contribution in [1.29, 1.82) is 0 Å². The molecule has 2 aliphatic rings. The van der Waals surface area contributed by atoms with Gasteiger partial charge in [-0.05, 0) is 90.7 Å². The zero-order chi connectivity index (χ0) is 49.0. The van der Waals surface area contributed by atoms with Crippen molar-refractivity contribution in [1.82, 2.24) is 10.2 Å². The van der Waals surface area contributed by atoms with Crippen LogP contribution in [0.25, 0.3) is 22.3 Å². The van der Waals surface area contributed by atoms with E-state index in [0.29, 0.717) is 45.7 Å². The molecular weight excluding hydrogens is 874 g/mol. The molecule has 4 aromatic rings. The Kier molecular flexibility index (Phi) is 17.9. The number of halogens is 3. The first-order chi connectivity index (χ1) is 32.6. The molecule has 7 N–H and O–H groups in total. The monoisotopic (exact) mass is 936 g/mol. The second-order valence-corrected chi connectivity index (χ2v) is 17.6. The highest BCUT2D eigenvalue weighted by Crippen LogP contribution is 2.41. The molecule has 0 fully saturated rings. The molecule has 2 aliphatic heterocycles. The summed E-state index contributed by atoms with van der Waals surface area (Å²) in [5.41, 5.74) is 22.6. The summed E-state index contributed by atoms with van der Waals surface area (Å²) in [6.45, 7) is 4.64. The molecule has 12 nitrogen and oxygen atoms in total. The Hall–Kier alpha value is -6.16. The first-order valence-corrected chi connectivity index (χ1v) is 23.4. The van der Waals surface area contributed by atoms with E-state index in [1.165, 1.54) is 17.5 Å². The number of amides is 2. The zero-order valence-corrected chi connectivity index (χ0v) is 39.1. The summed E-state index contributed by atoms with van der Waals surface area (Å²) >= 11 is 0. The second kappa shape index (κ2) is 23.7. The lowest BCUT2D eigenvalue weighted by atomic mass is 9.87. The number of benzene rings is 4. The van der Waals surface area contributed by atoms with Crippen LogP contribution in [-0.2, 0) is 27.2 Å². The van der Waals surface area contributed by atoms with Gasteiger partial charge in [0.25, 0.3) is 0 Å². The van der Waals surface area contributed by atoms with Crippen LogP contribution in [0.4, 0.5) is 13.2 Å². The van der Waals surface area contributed by atoms with Gasteiger partial charge in [-0.2, -0.15) is 13.2 Å². The van der Waals surface area contributed by atoms with Crippen LogP contribution in [0.2, 0.25) is 0 Å². The van der Waals surface area contributed by atoms with Crippen molar-refractivity contribution in [2.24, 2.45) is 34.0 Å². The summed E-state index contributed by atoms with van der Waals surface area (Å²) in [6, 6.07) is 23.8. The lowest BCUT2D eigenvalue weighted by Crippen LogP contribution is -2.45. The molecule has 15 heteroatoms. The van der Waals surface area contributed by atoms with Crippen LogP contribution in [0.5, 0.6) is 11.5 Å². The number of carbonyl (C=O) groups is 4. The van der Waals surface area contributed by atoms with Crippen LogP contribution in [-0.4, -0.2) is 86.1 Å². The number of carbonyl (C=O) groups excluding carboxylic acids is 4. The first kappa shape index (κ1) is 51.2. The summed E-state index contributed by atoms with van der Waals surface area (Å²) in [5, 5.41) is 2.89. The molecule has 4 bridgehead atoms. The number of likely N-dealkylation sites (N-methyl/N-ethyl adjacent to an activating group) is 1. The van der Waals surface area contributed by atoms with Gasteiger partial charge >= 0.3 is 6.18 Å². The van der Waals surface area contributed by atoms with Crippen LogP contribution >= 0.6 is 0 Å². The maximum absolute atomic E-state index is 14.9. The van der Waals surface area contributed by atoms with E-state index < -0.39 is 59.7 Å². The minimum absolute atomic E-state index is 0.0625. The molecule has 0 aliphatic carbocycles. The Morgan fingerprint density at radius 2 is 1.47 bits per heavy atom. The average molecular weight is 937 g/mol. The van der Waals surface area contributed by atoms with Crippen molar-refractivity contribution >= 4 is 29.1 Å². The number of hydrogen-bond acceptors (Lipinski definition) is 10. The fraction of sp³-hybridized carbons (Fsp3) is 0.415. The fourth-order valence-corrected chi connectivity index (χ4v) is 8.73. The number of nitrogens with one attached hydrogen (secondary N) is 1. The highest BCUT2D eigenvalue weighted by Gasteiger charge is 2.39. The normalized spacial score (nSPS) is 17.9. The van der Waals surface area contributed by atoms with Gasteiger partial charge in [0.15, 0.2) is 11.6 Å². The number of rotatable bonds is 19. The number of aryl methyl sites for hydroxylation is 1. The van der Waals surface area contributed by atoms with E-state index in [0.717, 1.165) is 36.6 Å². The van der Waals surface area contributed by atoms with Crippen LogP contribution < -0.4 is 32.0 Å². The molecule has 4 aromatic carbocycles. The summed E-state index contributed by atoms with van der Waals surface area (Å²) in [4.78, 5) is 63.1. The van der Waals surface area contributed by atoms with Crippen molar-refractivity contribution in [3.05, 3.63) is 119 Å². The number of alkyl halides is 3. The third kappa shape index (κ3) is 12.9. The number of ketones is 2.